The predicted octanol–water partition coefficient (Wildman–Crippen LogP) is 0.886. The second-order valence-corrected chi connectivity index (χ2v) is 3.80. The maximum atomic E-state index is 5.64. The van der Waals surface area contributed by atoms with Gasteiger partial charge in [0.2, 0.25) is 0 Å². The van der Waals surface area contributed by atoms with Gasteiger partial charge >= 0.3 is 0 Å². The van der Waals surface area contributed by atoms with Crippen LogP contribution in [0, 0.1) is 0 Å². The molecule has 0 bridgehead atoms. The molecule has 0 spiro atoms. The Balaban J connectivity index is 1.95. The van der Waals surface area contributed by atoms with Crippen LogP contribution in [-0.4, -0.2) is 36.2 Å². The van der Waals surface area contributed by atoms with Crippen LogP contribution in [0.15, 0.2) is 18.2 Å². The number of aromatic nitrogens is 1. The van der Waals surface area contributed by atoms with Crippen LogP contribution in [0.2, 0.25) is 0 Å². The molecular weight excluding hydrogens is 190 g/mol. The molecule has 0 unspecified atom stereocenters. The molecule has 2 heterocycles. The van der Waals surface area contributed by atoms with Gasteiger partial charge < -0.3 is 10.5 Å². The third kappa shape index (κ3) is 3.18. The van der Waals surface area contributed by atoms with Gasteiger partial charge in [0.1, 0.15) is 5.82 Å². The first kappa shape index (κ1) is 10.4. The van der Waals surface area contributed by atoms with E-state index < -0.39 is 0 Å². The fourth-order valence-electron chi connectivity index (χ4n) is 1.77. The highest BCUT2D eigenvalue weighted by atomic mass is 16.5. The Bertz CT molecular complexity index is 308. The van der Waals surface area contributed by atoms with Gasteiger partial charge in [-0.1, -0.05) is 6.07 Å². The fraction of sp³-hybridized carbons (Fsp3) is 0.545. The largest absolute Gasteiger partial charge is 0.384 e. The topological polar surface area (TPSA) is 51.4 Å². The lowest BCUT2D eigenvalue weighted by atomic mass is 10.3. The summed E-state index contributed by atoms with van der Waals surface area (Å²) in [6, 6.07) is 5.78. The SMILES string of the molecule is Nc1cccc(CN2CCCOCC2)n1. The molecule has 2 rings (SSSR count). The van der Waals surface area contributed by atoms with E-state index >= 15 is 0 Å². The molecule has 0 aromatic carbocycles. The zero-order valence-corrected chi connectivity index (χ0v) is 8.85. The van der Waals surface area contributed by atoms with Gasteiger partial charge in [0.15, 0.2) is 0 Å². The number of nitrogens with two attached hydrogens (primary N) is 1. The van der Waals surface area contributed by atoms with E-state index in [4.69, 9.17) is 10.5 Å². The molecule has 1 aromatic heterocycles. The van der Waals surface area contributed by atoms with Crippen molar-refractivity contribution in [2.24, 2.45) is 0 Å². The number of ether oxygens (including phenoxy) is 1. The molecule has 1 aliphatic rings. The molecule has 1 aliphatic heterocycles. The Hall–Kier alpha value is -1.13. The van der Waals surface area contributed by atoms with E-state index in [2.05, 4.69) is 9.88 Å². The van der Waals surface area contributed by atoms with E-state index in [1.54, 1.807) is 0 Å². The molecule has 0 saturated carbocycles. The molecule has 82 valence electrons. The van der Waals surface area contributed by atoms with E-state index in [9.17, 15) is 0 Å². The summed E-state index contributed by atoms with van der Waals surface area (Å²) < 4.78 is 5.40. The van der Waals surface area contributed by atoms with E-state index in [1.165, 1.54) is 0 Å². The Morgan fingerprint density at radius 3 is 3.13 bits per heavy atom. The fourth-order valence-corrected chi connectivity index (χ4v) is 1.77. The first-order chi connectivity index (χ1) is 7.34. The number of pyridine rings is 1. The van der Waals surface area contributed by atoms with Crippen LogP contribution in [0.25, 0.3) is 0 Å². The summed E-state index contributed by atoms with van der Waals surface area (Å²) in [7, 11) is 0. The van der Waals surface area contributed by atoms with E-state index in [0.29, 0.717) is 5.82 Å². The molecule has 4 nitrogen and oxygen atoms in total. The summed E-state index contributed by atoms with van der Waals surface area (Å²) in [5.41, 5.74) is 6.68. The van der Waals surface area contributed by atoms with Crippen molar-refractivity contribution in [2.75, 3.05) is 32.0 Å². The Kier molecular flexibility index (Phi) is 3.53. The second kappa shape index (κ2) is 5.09. The lowest BCUT2D eigenvalue weighted by Crippen LogP contribution is -2.26. The minimum atomic E-state index is 0.596. The number of nitrogens with zero attached hydrogens (tertiary/aromatic N) is 2. The Morgan fingerprint density at radius 2 is 2.27 bits per heavy atom. The summed E-state index contributed by atoms with van der Waals surface area (Å²) in [6.45, 7) is 4.63. The molecule has 0 radical (unpaired) electrons. The van der Waals surface area contributed by atoms with Gasteiger partial charge in [-0.2, -0.15) is 0 Å². The van der Waals surface area contributed by atoms with Crippen LogP contribution < -0.4 is 5.73 Å². The third-order valence-corrected chi connectivity index (χ3v) is 2.53. The first-order valence-corrected chi connectivity index (χ1v) is 5.36. The maximum absolute atomic E-state index is 5.64. The monoisotopic (exact) mass is 207 g/mol. The van der Waals surface area contributed by atoms with Gasteiger partial charge in [0.05, 0.1) is 12.3 Å². The van der Waals surface area contributed by atoms with Gasteiger partial charge in [-0.05, 0) is 18.6 Å². The lowest BCUT2D eigenvalue weighted by Gasteiger charge is -2.18. The zero-order chi connectivity index (χ0) is 10.5. The molecule has 0 amide bonds. The van der Waals surface area contributed by atoms with Gasteiger partial charge in [-0.15, -0.1) is 0 Å². The molecule has 0 aliphatic carbocycles. The third-order valence-electron chi connectivity index (χ3n) is 2.53. The van der Waals surface area contributed by atoms with Crippen LogP contribution >= 0.6 is 0 Å². The van der Waals surface area contributed by atoms with Crippen molar-refractivity contribution in [3.8, 4) is 0 Å². The van der Waals surface area contributed by atoms with E-state index in [0.717, 1.165) is 45.0 Å². The summed E-state index contributed by atoms with van der Waals surface area (Å²) in [5.74, 6) is 0.596. The van der Waals surface area contributed by atoms with E-state index in [1.807, 2.05) is 18.2 Å². The van der Waals surface area contributed by atoms with Gasteiger partial charge in [-0.3, -0.25) is 4.90 Å². The second-order valence-electron chi connectivity index (χ2n) is 3.80. The van der Waals surface area contributed by atoms with Gasteiger partial charge in [0, 0.05) is 26.2 Å². The highest BCUT2D eigenvalue weighted by Gasteiger charge is 2.09. The summed E-state index contributed by atoms with van der Waals surface area (Å²) in [6.07, 6.45) is 1.10. The van der Waals surface area contributed by atoms with Crippen LogP contribution in [-0.2, 0) is 11.3 Å². The highest BCUT2D eigenvalue weighted by Crippen LogP contribution is 2.07. The van der Waals surface area contributed by atoms with Crippen molar-refractivity contribution < 1.29 is 4.74 Å². The van der Waals surface area contributed by atoms with Crippen molar-refractivity contribution in [2.45, 2.75) is 13.0 Å². The number of nitrogen functional groups attached to an aromatic ring is 1. The predicted molar refractivity (Wildman–Crippen MR) is 59.4 cm³/mol. The van der Waals surface area contributed by atoms with Crippen LogP contribution in [0.5, 0.6) is 0 Å². The number of hydrogen-bond donors (Lipinski definition) is 1. The van der Waals surface area contributed by atoms with E-state index in [-0.39, 0.29) is 0 Å². The van der Waals surface area contributed by atoms with Crippen molar-refractivity contribution in [1.82, 2.24) is 9.88 Å². The average Bonchev–Trinajstić information content (AvgIpc) is 2.46. The molecule has 1 saturated heterocycles. The first-order valence-electron chi connectivity index (χ1n) is 5.36. The average molecular weight is 207 g/mol. The Labute approximate surface area is 90.0 Å². The van der Waals surface area contributed by atoms with Crippen molar-refractivity contribution in [3.63, 3.8) is 0 Å². The van der Waals surface area contributed by atoms with Crippen LogP contribution in [0.1, 0.15) is 12.1 Å². The van der Waals surface area contributed by atoms with Gasteiger partial charge in [-0.25, -0.2) is 4.98 Å². The van der Waals surface area contributed by atoms with Crippen LogP contribution in [0.4, 0.5) is 5.82 Å². The number of rotatable bonds is 2. The van der Waals surface area contributed by atoms with Crippen molar-refractivity contribution in [3.05, 3.63) is 23.9 Å². The maximum Gasteiger partial charge on any atom is 0.123 e. The zero-order valence-electron chi connectivity index (χ0n) is 8.85. The molecule has 15 heavy (non-hydrogen) atoms. The molecule has 1 fully saturated rings. The number of hydrogen-bond acceptors (Lipinski definition) is 4. The number of anilines is 1. The summed E-state index contributed by atoms with van der Waals surface area (Å²) in [5, 5.41) is 0. The molecule has 4 heteroatoms. The Morgan fingerprint density at radius 1 is 1.33 bits per heavy atom. The summed E-state index contributed by atoms with van der Waals surface area (Å²) in [4.78, 5) is 6.65. The highest BCUT2D eigenvalue weighted by molar-refractivity contribution is 5.28. The lowest BCUT2D eigenvalue weighted by molar-refractivity contribution is 0.140. The van der Waals surface area contributed by atoms with Crippen LogP contribution in [0.3, 0.4) is 0 Å². The molecule has 0 atom stereocenters. The quantitative estimate of drug-likeness (QED) is 0.782. The normalized spacial score (nSPS) is 18.7. The summed E-state index contributed by atoms with van der Waals surface area (Å²) >= 11 is 0. The minimum absolute atomic E-state index is 0.596. The van der Waals surface area contributed by atoms with Crippen molar-refractivity contribution in [1.29, 1.82) is 0 Å². The smallest absolute Gasteiger partial charge is 0.123 e. The molecule has 2 N–H and O–H groups in total. The van der Waals surface area contributed by atoms with Crippen molar-refractivity contribution >= 4 is 5.82 Å². The minimum Gasteiger partial charge on any atom is -0.384 e. The molecular formula is C11H17N3O. The standard InChI is InChI=1S/C11H17N3O/c12-11-4-1-3-10(13-11)9-14-5-2-7-15-8-6-14/h1,3-4H,2,5-9H2,(H2,12,13). The van der Waals surface area contributed by atoms with Gasteiger partial charge in [0.25, 0.3) is 0 Å². The molecule has 1 aromatic rings.